The van der Waals surface area contributed by atoms with Crippen molar-refractivity contribution in [3.05, 3.63) is 58.7 Å². The number of benzene rings is 2. The summed E-state index contributed by atoms with van der Waals surface area (Å²) in [6.07, 6.45) is 0. The second-order valence-electron chi connectivity index (χ2n) is 6.52. The number of hydrogen-bond acceptors (Lipinski definition) is 4. The first-order valence-corrected chi connectivity index (χ1v) is 10.3. The molecule has 0 unspecified atom stereocenters. The van der Waals surface area contributed by atoms with Crippen molar-refractivity contribution >= 4 is 17.7 Å². The fourth-order valence-corrected chi connectivity index (χ4v) is 3.86. The molecule has 2 aromatic rings. The number of hydrogen-bond donors (Lipinski definition) is 0. The maximum Gasteiger partial charge on any atom is 0.232 e. The third-order valence-corrected chi connectivity index (χ3v) is 5.51. The van der Waals surface area contributed by atoms with E-state index in [9.17, 15) is 4.79 Å². The molecule has 0 aliphatic carbocycles. The third-order valence-electron chi connectivity index (χ3n) is 4.54. The highest BCUT2D eigenvalue weighted by Gasteiger charge is 2.14. The first-order valence-electron chi connectivity index (χ1n) is 9.11. The van der Waals surface area contributed by atoms with Crippen molar-refractivity contribution in [1.82, 2.24) is 4.90 Å². The maximum atomic E-state index is 12.6. The molecular weight excluding hydrogens is 358 g/mol. The topological polar surface area (TPSA) is 38.8 Å². The fourth-order valence-electron chi connectivity index (χ4n) is 2.87. The molecule has 0 saturated carbocycles. The Balaban J connectivity index is 1.94. The number of ether oxygens (including phenoxy) is 2. The smallest absolute Gasteiger partial charge is 0.232 e. The second-order valence-corrected chi connectivity index (χ2v) is 7.51. The molecule has 2 rings (SSSR count). The van der Waals surface area contributed by atoms with Crippen LogP contribution in [0.25, 0.3) is 0 Å². The van der Waals surface area contributed by atoms with Crippen LogP contribution in [0.15, 0.2) is 36.4 Å². The van der Waals surface area contributed by atoms with Gasteiger partial charge in [-0.3, -0.25) is 4.79 Å². The number of aryl methyl sites for hydroxylation is 2. The summed E-state index contributed by atoms with van der Waals surface area (Å²) in [6, 6.07) is 12.2. The van der Waals surface area contributed by atoms with Gasteiger partial charge in [-0.1, -0.05) is 29.8 Å². The van der Waals surface area contributed by atoms with Crippen LogP contribution in [-0.4, -0.2) is 37.3 Å². The van der Waals surface area contributed by atoms with Crippen LogP contribution in [0.4, 0.5) is 0 Å². The summed E-state index contributed by atoms with van der Waals surface area (Å²) in [5.74, 6) is 2.87. The Morgan fingerprint density at radius 1 is 1.04 bits per heavy atom. The minimum absolute atomic E-state index is 0.155. The molecule has 1 amide bonds. The SMILES string of the molecule is CCN(Cc1ccc(OC)c(OC)c1)C(=O)CSCc1cc(C)ccc1C. The van der Waals surface area contributed by atoms with Gasteiger partial charge in [0.2, 0.25) is 5.91 Å². The predicted octanol–water partition coefficient (Wildman–Crippen LogP) is 4.60. The molecule has 0 radical (unpaired) electrons. The van der Waals surface area contributed by atoms with Gasteiger partial charge < -0.3 is 14.4 Å². The fraction of sp³-hybridized carbons (Fsp3) is 0.409. The first kappa shape index (κ1) is 21.2. The molecule has 27 heavy (non-hydrogen) atoms. The highest BCUT2D eigenvalue weighted by Crippen LogP contribution is 2.28. The normalized spacial score (nSPS) is 10.6. The largest absolute Gasteiger partial charge is 0.493 e. The Morgan fingerprint density at radius 2 is 1.78 bits per heavy atom. The molecule has 0 aliphatic rings. The average molecular weight is 388 g/mol. The Morgan fingerprint density at radius 3 is 2.44 bits per heavy atom. The quantitative estimate of drug-likeness (QED) is 0.630. The lowest BCUT2D eigenvalue weighted by Crippen LogP contribution is -2.31. The zero-order valence-corrected chi connectivity index (χ0v) is 17.7. The second kappa shape index (κ2) is 10.3. The maximum absolute atomic E-state index is 12.6. The van der Waals surface area contributed by atoms with Gasteiger partial charge in [-0.2, -0.15) is 0 Å². The van der Waals surface area contributed by atoms with E-state index in [0.717, 1.165) is 11.3 Å². The van der Waals surface area contributed by atoms with Gasteiger partial charge in [0, 0.05) is 18.8 Å². The lowest BCUT2D eigenvalue weighted by Gasteiger charge is -2.21. The van der Waals surface area contributed by atoms with Gasteiger partial charge in [0.25, 0.3) is 0 Å². The molecular formula is C22H29NO3S. The lowest BCUT2D eigenvalue weighted by molar-refractivity contribution is -0.128. The number of thioether (sulfide) groups is 1. The van der Waals surface area contributed by atoms with Crippen LogP contribution in [0.2, 0.25) is 0 Å². The first-order chi connectivity index (χ1) is 13.0. The molecule has 0 aliphatic heterocycles. The molecule has 146 valence electrons. The summed E-state index contributed by atoms with van der Waals surface area (Å²) in [6.45, 7) is 7.47. The van der Waals surface area contributed by atoms with E-state index in [4.69, 9.17) is 9.47 Å². The molecule has 0 atom stereocenters. The summed E-state index contributed by atoms with van der Waals surface area (Å²) in [7, 11) is 3.24. The van der Waals surface area contributed by atoms with Gasteiger partial charge >= 0.3 is 0 Å². The lowest BCUT2D eigenvalue weighted by atomic mass is 10.1. The van der Waals surface area contributed by atoms with Crippen LogP contribution in [0.3, 0.4) is 0 Å². The molecule has 0 heterocycles. The zero-order chi connectivity index (χ0) is 19.8. The van der Waals surface area contributed by atoms with Crippen molar-refractivity contribution in [1.29, 1.82) is 0 Å². The van der Waals surface area contributed by atoms with Crippen LogP contribution in [0.1, 0.15) is 29.2 Å². The van der Waals surface area contributed by atoms with Crippen LogP contribution >= 0.6 is 11.8 Å². The van der Waals surface area contributed by atoms with Crippen LogP contribution in [0, 0.1) is 13.8 Å². The number of nitrogens with zero attached hydrogens (tertiary/aromatic N) is 1. The molecule has 0 saturated heterocycles. The highest BCUT2D eigenvalue weighted by atomic mass is 32.2. The highest BCUT2D eigenvalue weighted by molar-refractivity contribution is 7.99. The van der Waals surface area contributed by atoms with E-state index in [-0.39, 0.29) is 5.91 Å². The third kappa shape index (κ3) is 5.93. The molecule has 0 spiro atoms. The molecule has 5 heteroatoms. The monoisotopic (exact) mass is 387 g/mol. The van der Waals surface area contributed by atoms with Crippen molar-refractivity contribution in [3.8, 4) is 11.5 Å². The standard InChI is InChI=1S/C22H29NO3S/c1-6-23(13-18-9-10-20(25-4)21(12-18)26-5)22(24)15-27-14-19-11-16(2)7-8-17(19)3/h7-12H,6,13-15H2,1-5H3. The molecule has 0 aromatic heterocycles. The van der Waals surface area contributed by atoms with E-state index in [1.165, 1.54) is 16.7 Å². The van der Waals surface area contributed by atoms with E-state index in [2.05, 4.69) is 32.0 Å². The number of rotatable bonds is 9. The van der Waals surface area contributed by atoms with Gasteiger partial charge in [0.05, 0.1) is 20.0 Å². The number of carbonyl (C=O) groups is 1. The van der Waals surface area contributed by atoms with Crippen molar-refractivity contribution < 1.29 is 14.3 Å². The van der Waals surface area contributed by atoms with E-state index >= 15 is 0 Å². The van der Waals surface area contributed by atoms with Gasteiger partial charge in [0.1, 0.15) is 0 Å². The number of amides is 1. The summed E-state index contributed by atoms with van der Waals surface area (Å²) in [5, 5.41) is 0. The van der Waals surface area contributed by atoms with E-state index in [1.54, 1.807) is 26.0 Å². The zero-order valence-electron chi connectivity index (χ0n) is 16.9. The van der Waals surface area contributed by atoms with Crippen molar-refractivity contribution in [3.63, 3.8) is 0 Å². The minimum atomic E-state index is 0.155. The van der Waals surface area contributed by atoms with E-state index in [0.29, 0.717) is 30.3 Å². The van der Waals surface area contributed by atoms with E-state index in [1.807, 2.05) is 30.0 Å². The Kier molecular flexibility index (Phi) is 8.04. The van der Waals surface area contributed by atoms with Crippen LogP contribution < -0.4 is 9.47 Å². The van der Waals surface area contributed by atoms with Gasteiger partial charge in [0.15, 0.2) is 11.5 Å². The molecule has 0 bridgehead atoms. The van der Waals surface area contributed by atoms with E-state index < -0.39 is 0 Å². The van der Waals surface area contributed by atoms with Crippen molar-refractivity contribution in [2.45, 2.75) is 33.1 Å². The Bertz CT molecular complexity index is 776. The summed E-state index contributed by atoms with van der Waals surface area (Å²) in [5.41, 5.74) is 4.86. The average Bonchev–Trinajstić information content (AvgIpc) is 2.68. The Labute approximate surface area is 166 Å². The molecule has 0 fully saturated rings. The summed E-state index contributed by atoms with van der Waals surface area (Å²) >= 11 is 1.67. The molecule has 0 N–H and O–H groups in total. The summed E-state index contributed by atoms with van der Waals surface area (Å²) < 4.78 is 10.6. The Hall–Kier alpha value is -2.14. The predicted molar refractivity (Wildman–Crippen MR) is 113 cm³/mol. The van der Waals surface area contributed by atoms with Crippen molar-refractivity contribution in [2.24, 2.45) is 0 Å². The van der Waals surface area contributed by atoms with Crippen molar-refractivity contribution in [2.75, 3.05) is 26.5 Å². The molecule has 2 aromatic carbocycles. The van der Waals surface area contributed by atoms with Gasteiger partial charge in [-0.25, -0.2) is 0 Å². The van der Waals surface area contributed by atoms with Crippen LogP contribution in [0.5, 0.6) is 11.5 Å². The number of methoxy groups -OCH3 is 2. The number of carbonyl (C=O) groups excluding carboxylic acids is 1. The minimum Gasteiger partial charge on any atom is -0.493 e. The van der Waals surface area contributed by atoms with Gasteiger partial charge in [-0.05, 0) is 49.6 Å². The summed E-state index contributed by atoms with van der Waals surface area (Å²) in [4.78, 5) is 14.5. The van der Waals surface area contributed by atoms with Gasteiger partial charge in [-0.15, -0.1) is 11.8 Å². The van der Waals surface area contributed by atoms with Crippen LogP contribution in [-0.2, 0) is 17.1 Å². The molecule has 4 nitrogen and oxygen atoms in total.